The molecular formula is C26H27NO6. The van der Waals surface area contributed by atoms with E-state index in [2.05, 4.69) is 4.90 Å². The summed E-state index contributed by atoms with van der Waals surface area (Å²) < 4.78 is 16.8. The summed E-state index contributed by atoms with van der Waals surface area (Å²) >= 11 is 0. The zero-order valence-electron chi connectivity index (χ0n) is 18.7. The molecular weight excluding hydrogens is 422 g/mol. The molecule has 0 aliphatic carbocycles. The third-order valence-corrected chi connectivity index (χ3v) is 6.49. The maximum absolute atomic E-state index is 13.1. The Morgan fingerprint density at radius 3 is 2.30 bits per heavy atom. The lowest BCUT2D eigenvalue weighted by molar-refractivity contribution is -0.254. The molecule has 2 aliphatic heterocycles. The molecule has 33 heavy (non-hydrogen) atoms. The van der Waals surface area contributed by atoms with E-state index in [1.807, 2.05) is 37.4 Å². The fraction of sp³-hybridized carbons (Fsp3) is 0.346. The molecule has 0 radical (unpaired) electrons. The molecule has 2 aliphatic rings. The van der Waals surface area contributed by atoms with Crippen molar-refractivity contribution in [2.75, 3.05) is 14.2 Å². The van der Waals surface area contributed by atoms with Gasteiger partial charge in [-0.25, -0.2) is 9.59 Å². The van der Waals surface area contributed by atoms with Gasteiger partial charge in [0, 0.05) is 24.6 Å². The molecule has 2 aromatic carbocycles. The molecule has 0 unspecified atom stereocenters. The van der Waals surface area contributed by atoms with Gasteiger partial charge >= 0.3 is 17.9 Å². The number of nitrogens with zero attached hydrogens (tertiary/aromatic N) is 1. The summed E-state index contributed by atoms with van der Waals surface area (Å²) in [7, 11) is 3.21. The summed E-state index contributed by atoms with van der Waals surface area (Å²) in [5.74, 6) is -4.66. The first-order chi connectivity index (χ1) is 15.9. The molecule has 4 rings (SSSR count). The Bertz CT molecular complexity index is 1040. The van der Waals surface area contributed by atoms with Gasteiger partial charge in [-0.2, -0.15) is 0 Å². The number of methoxy groups -OCH3 is 1. The average Bonchev–Trinajstić information content (AvgIpc) is 3.08. The molecule has 2 heterocycles. The van der Waals surface area contributed by atoms with E-state index in [0.29, 0.717) is 12.0 Å². The van der Waals surface area contributed by atoms with Crippen LogP contribution in [0.2, 0.25) is 0 Å². The number of hydrogen-bond acceptors (Lipinski definition) is 7. The van der Waals surface area contributed by atoms with E-state index in [-0.39, 0.29) is 18.5 Å². The molecule has 2 fully saturated rings. The quantitative estimate of drug-likeness (QED) is 0.380. The minimum absolute atomic E-state index is 0.00498. The monoisotopic (exact) mass is 449 g/mol. The molecule has 0 saturated carbocycles. The minimum atomic E-state index is -1.77. The lowest BCUT2D eigenvalue weighted by Gasteiger charge is -2.47. The lowest BCUT2D eigenvalue weighted by atomic mass is 9.84. The van der Waals surface area contributed by atoms with Crippen LogP contribution >= 0.6 is 0 Å². The Hall–Kier alpha value is -3.45. The van der Waals surface area contributed by atoms with Gasteiger partial charge in [-0.1, -0.05) is 48.5 Å². The second-order valence-electron chi connectivity index (χ2n) is 8.40. The van der Waals surface area contributed by atoms with Crippen LogP contribution in [0.4, 0.5) is 0 Å². The third kappa shape index (κ3) is 4.68. The van der Waals surface area contributed by atoms with Crippen molar-refractivity contribution in [3.8, 4) is 0 Å². The number of rotatable bonds is 6. The summed E-state index contributed by atoms with van der Waals surface area (Å²) in [5, 5.41) is 0. The van der Waals surface area contributed by atoms with Crippen molar-refractivity contribution in [3.05, 3.63) is 77.9 Å². The standard InChI is InChI=1S/C26H27NO6/c1-27-20-14-15-21(27)23(25(30)31-2)26(17-20,33-24(29)19-11-7-4-8-12-19)32-22(28)16-13-18-9-5-3-6-10-18/h3-13,16,20-21,23H,14-15,17H2,1-2H3/b16-13+/t20-,21+,23+,26+/m1/s1. The van der Waals surface area contributed by atoms with Gasteiger partial charge in [0.15, 0.2) is 0 Å². The van der Waals surface area contributed by atoms with E-state index in [9.17, 15) is 14.4 Å². The number of piperidine rings is 1. The molecule has 172 valence electrons. The molecule has 2 saturated heterocycles. The molecule has 7 nitrogen and oxygen atoms in total. The summed E-state index contributed by atoms with van der Waals surface area (Å²) in [6.45, 7) is 0. The Morgan fingerprint density at radius 2 is 1.64 bits per heavy atom. The van der Waals surface area contributed by atoms with E-state index in [4.69, 9.17) is 14.2 Å². The van der Waals surface area contributed by atoms with Crippen molar-refractivity contribution in [3.63, 3.8) is 0 Å². The largest absolute Gasteiger partial charge is 0.469 e. The molecule has 2 bridgehead atoms. The van der Waals surface area contributed by atoms with Crippen LogP contribution in [0.3, 0.4) is 0 Å². The maximum Gasteiger partial charge on any atom is 0.341 e. The Labute approximate surface area is 192 Å². The molecule has 4 atom stereocenters. The van der Waals surface area contributed by atoms with E-state index < -0.39 is 29.6 Å². The van der Waals surface area contributed by atoms with E-state index in [1.165, 1.54) is 13.2 Å². The predicted octanol–water partition coefficient (Wildman–Crippen LogP) is 3.45. The van der Waals surface area contributed by atoms with Crippen LogP contribution in [-0.4, -0.2) is 54.8 Å². The number of esters is 3. The molecule has 0 amide bonds. The van der Waals surface area contributed by atoms with Crippen LogP contribution in [0.1, 0.15) is 35.2 Å². The fourth-order valence-corrected chi connectivity index (χ4v) is 4.86. The smallest absolute Gasteiger partial charge is 0.341 e. The molecule has 0 N–H and O–H groups in total. The number of carbonyl (C=O) groups excluding carboxylic acids is 3. The topological polar surface area (TPSA) is 82.1 Å². The summed E-state index contributed by atoms with van der Waals surface area (Å²) in [6, 6.07) is 17.5. The van der Waals surface area contributed by atoms with E-state index >= 15 is 0 Å². The molecule has 2 aromatic rings. The Kier molecular flexibility index (Phi) is 6.60. The molecule has 0 aromatic heterocycles. The number of fused-ring (bicyclic) bond motifs is 2. The van der Waals surface area contributed by atoms with Gasteiger partial charge < -0.3 is 14.2 Å². The van der Waals surface area contributed by atoms with Crippen molar-refractivity contribution in [1.29, 1.82) is 0 Å². The van der Waals surface area contributed by atoms with Crippen LogP contribution in [0.25, 0.3) is 6.08 Å². The second-order valence-corrected chi connectivity index (χ2v) is 8.40. The van der Waals surface area contributed by atoms with Crippen LogP contribution in [0, 0.1) is 5.92 Å². The van der Waals surface area contributed by atoms with E-state index in [0.717, 1.165) is 12.0 Å². The number of hydrogen-bond donors (Lipinski definition) is 0. The van der Waals surface area contributed by atoms with Gasteiger partial charge in [-0.3, -0.25) is 9.69 Å². The van der Waals surface area contributed by atoms with Gasteiger partial charge in [-0.05, 0) is 43.7 Å². The first-order valence-corrected chi connectivity index (χ1v) is 11.0. The Morgan fingerprint density at radius 1 is 0.970 bits per heavy atom. The zero-order chi connectivity index (χ0) is 23.4. The van der Waals surface area contributed by atoms with Gasteiger partial charge in [0.05, 0.1) is 12.7 Å². The van der Waals surface area contributed by atoms with Crippen LogP contribution in [0.15, 0.2) is 66.7 Å². The highest BCUT2D eigenvalue weighted by atomic mass is 16.7. The van der Waals surface area contributed by atoms with Gasteiger partial charge in [0.25, 0.3) is 5.79 Å². The second kappa shape index (κ2) is 9.58. The number of carbonyl (C=O) groups is 3. The van der Waals surface area contributed by atoms with Crippen molar-refractivity contribution in [2.45, 2.75) is 37.1 Å². The van der Waals surface area contributed by atoms with Crippen molar-refractivity contribution in [1.82, 2.24) is 4.90 Å². The van der Waals surface area contributed by atoms with Gasteiger partial charge in [0.2, 0.25) is 0 Å². The highest BCUT2D eigenvalue weighted by Crippen LogP contribution is 2.47. The summed E-state index contributed by atoms with van der Waals surface area (Å²) in [4.78, 5) is 41.0. The number of ether oxygens (including phenoxy) is 3. The van der Waals surface area contributed by atoms with E-state index in [1.54, 1.807) is 36.4 Å². The van der Waals surface area contributed by atoms with Crippen molar-refractivity contribution in [2.24, 2.45) is 5.92 Å². The fourth-order valence-electron chi connectivity index (χ4n) is 4.86. The van der Waals surface area contributed by atoms with Crippen LogP contribution < -0.4 is 0 Å². The molecule has 0 spiro atoms. The lowest BCUT2D eigenvalue weighted by Crippen LogP contribution is -2.62. The maximum atomic E-state index is 13.1. The van der Waals surface area contributed by atoms with Crippen molar-refractivity contribution >= 4 is 24.0 Å². The minimum Gasteiger partial charge on any atom is -0.469 e. The third-order valence-electron chi connectivity index (χ3n) is 6.49. The first kappa shape index (κ1) is 22.7. The van der Waals surface area contributed by atoms with Crippen molar-refractivity contribution < 1.29 is 28.6 Å². The highest BCUT2D eigenvalue weighted by Gasteiger charge is 2.62. The van der Waals surface area contributed by atoms with Gasteiger partial charge in [0.1, 0.15) is 5.92 Å². The summed E-state index contributed by atoms with van der Waals surface area (Å²) in [5.41, 5.74) is 1.13. The Balaban J connectivity index is 1.68. The number of benzene rings is 2. The normalized spacial score (nSPS) is 26.7. The van der Waals surface area contributed by atoms with Gasteiger partial charge in [-0.15, -0.1) is 0 Å². The van der Waals surface area contributed by atoms with Crippen LogP contribution in [0.5, 0.6) is 0 Å². The summed E-state index contributed by atoms with van der Waals surface area (Å²) in [6.07, 6.45) is 4.59. The van der Waals surface area contributed by atoms with Crippen LogP contribution in [-0.2, 0) is 23.8 Å². The predicted molar refractivity (Wildman–Crippen MR) is 121 cm³/mol. The average molecular weight is 450 g/mol. The zero-order valence-corrected chi connectivity index (χ0v) is 18.7. The SMILES string of the molecule is COC(=O)[C@@H]1[C@@H]2CC[C@H](C[C@]1(OC(=O)/C=C/c1ccccc1)OC(=O)c1ccccc1)N2C. The molecule has 7 heteroatoms. The highest BCUT2D eigenvalue weighted by molar-refractivity contribution is 5.91. The first-order valence-electron chi connectivity index (χ1n) is 11.0.